The normalized spacial score (nSPS) is 13.1. The zero-order valence-corrected chi connectivity index (χ0v) is 20.0. The molecule has 4 rings (SSSR count). The van der Waals surface area contributed by atoms with Crippen molar-refractivity contribution in [1.29, 1.82) is 0 Å². The standard InChI is InChI=1S/C27H30N4O4/c1-19-6-8-20(9-7-19)18-28-26(32)21-10-11-25(31-12-14-35-15-13-31)24(16-21)30-27(33)29-22-4-3-5-23(17-22)34-2/h3-11,16-17H,12-15,18H2,1-2H3,(H,28,32)(H2,29,30,33). The second-order valence-corrected chi connectivity index (χ2v) is 8.31. The van der Waals surface area contributed by atoms with Gasteiger partial charge in [0, 0.05) is 37.0 Å². The van der Waals surface area contributed by atoms with Crippen molar-refractivity contribution in [3.8, 4) is 5.75 Å². The minimum absolute atomic E-state index is 0.213. The van der Waals surface area contributed by atoms with Crippen LogP contribution in [0.15, 0.2) is 66.7 Å². The summed E-state index contributed by atoms with van der Waals surface area (Å²) >= 11 is 0. The average Bonchev–Trinajstić information content (AvgIpc) is 2.88. The number of carbonyl (C=O) groups is 2. The van der Waals surface area contributed by atoms with E-state index in [1.54, 1.807) is 43.5 Å². The topological polar surface area (TPSA) is 91.9 Å². The molecule has 1 fully saturated rings. The van der Waals surface area contributed by atoms with Gasteiger partial charge in [0.2, 0.25) is 0 Å². The first kappa shape index (κ1) is 24.1. The molecule has 1 aliphatic rings. The molecular weight excluding hydrogens is 444 g/mol. The van der Waals surface area contributed by atoms with Crippen LogP contribution in [0.2, 0.25) is 0 Å². The molecule has 0 saturated carbocycles. The van der Waals surface area contributed by atoms with E-state index in [9.17, 15) is 9.59 Å². The number of anilines is 3. The molecule has 0 atom stereocenters. The van der Waals surface area contributed by atoms with Gasteiger partial charge in [0.1, 0.15) is 5.75 Å². The number of amides is 3. The minimum atomic E-state index is -0.412. The number of urea groups is 1. The number of aryl methyl sites for hydroxylation is 1. The number of methoxy groups -OCH3 is 1. The first-order chi connectivity index (χ1) is 17.0. The molecule has 1 saturated heterocycles. The van der Waals surface area contributed by atoms with E-state index in [1.165, 1.54) is 5.56 Å². The maximum absolute atomic E-state index is 12.9. The van der Waals surface area contributed by atoms with Crippen molar-refractivity contribution in [3.05, 3.63) is 83.4 Å². The number of carbonyl (C=O) groups excluding carboxylic acids is 2. The number of ether oxygens (including phenoxy) is 2. The summed E-state index contributed by atoms with van der Waals surface area (Å²) in [5.41, 5.74) is 4.64. The Morgan fingerprint density at radius 2 is 1.74 bits per heavy atom. The lowest BCUT2D eigenvalue weighted by molar-refractivity contribution is 0.0951. The zero-order chi connectivity index (χ0) is 24.6. The Bertz CT molecular complexity index is 1170. The van der Waals surface area contributed by atoms with Gasteiger partial charge in [-0.3, -0.25) is 4.79 Å². The third kappa shape index (κ3) is 6.51. The molecule has 8 nitrogen and oxygen atoms in total. The smallest absolute Gasteiger partial charge is 0.323 e. The molecule has 0 bridgehead atoms. The SMILES string of the molecule is COc1cccc(NC(=O)Nc2cc(C(=O)NCc3ccc(C)cc3)ccc2N2CCOCC2)c1. The molecular formula is C27H30N4O4. The van der Waals surface area contributed by atoms with Gasteiger partial charge in [-0.1, -0.05) is 35.9 Å². The molecule has 1 aliphatic heterocycles. The third-order valence-electron chi connectivity index (χ3n) is 5.76. The lowest BCUT2D eigenvalue weighted by Crippen LogP contribution is -2.37. The van der Waals surface area contributed by atoms with Crippen LogP contribution in [0, 0.1) is 6.92 Å². The number of benzene rings is 3. The van der Waals surface area contributed by atoms with Crippen molar-refractivity contribution in [1.82, 2.24) is 5.32 Å². The first-order valence-corrected chi connectivity index (χ1v) is 11.5. The summed E-state index contributed by atoms with van der Waals surface area (Å²) in [4.78, 5) is 27.9. The van der Waals surface area contributed by atoms with E-state index in [1.807, 2.05) is 37.3 Å². The van der Waals surface area contributed by atoms with Crippen LogP contribution < -0.4 is 25.6 Å². The van der Waals surface area contributed by atoms with Crippen LogP contribution >= 0.6 is 0 Å². The molecule has 0 radical (unpaired) electrons. The van der Waals surface area contributed by atoms with Gasteiger partial charge in [-0.25, -0.2) is 4.79 Å². The van der Waals surface area contributed by atoms with E-state index >= 15 is 0 Å². The Morgan fingerprint density at radius 3 is 2.49 bits per heavy atom. The second-order valence-electron chi connectivity index (χ2n) is 8.31. The predicted molar refractivity (Wildman–Crippen MR) is 137 cm³/mol. The summed E-state index contributed by atoms with van der Waals surface area (Å²) in [6, 6.07) is 20.1. The third-order valence-corrected chi connectivity index (χ3v) is 5.76. The summed E-state index contributed by atoms with van der Waals surface area (Å²) in [6.07, 6.45) is 0. The van der Waals surface area contributed by atoms with Crippen LogP contribution in [0.3, 0.4) is 0 Å². The van der Waals surface area contributed by atoms with E-state index in [4.69, 9.17) is 9.47 Å². The van der Waals surface area contributed by atoms with E-state index in [0.29, 0.717) is 55.5 Å². The molecule has 0 aliphatic carbocycles. The van der Waals surface area contributed by atoms with Crippen LogP contribution in [0.1, 0.15) is 21.5 Å². The Labute approximate surface area is 205 Å². The zero-order valence-electron chi connectivity index (χ0n) is 20.0. The Kier molecular flexibility index (Phi) is 7.84. The highest BCUT2D eigenvalue weighted by molar-refractivity contribution is 6.04. The van der Waals surface area contributed by atoms with Gasteiger partial charge < -0.3 is 30.3 Å². The number of nitrogens with one attached hydrogen (secondary N) is 3. The minimum Gasteiger partial charge on any atom is -0.497 e. The fourth-order valence-corrected chi connectivity index (χ4v) is 3.83. The van der Waals surface area contributed by atoms with Crippen LogP contribution in [0.25, 0.3) is 0 Å². The van der Waals surface area contributed by atoms with Crippen molar-refractivity contribution < 1.29 is 19.1 Å². The lowest BCUT2D eigenvalue weighted by Gasteiger charge is -2.30. The molecule has 3 aromatic carbocycles. The maximum Gasteiger partial charge on any atom is 0.323 e. The van der Waals surface area contributed by atoms with Crippen LogP contribution in [0.4, 0.5) is 21.9 Å². The van der Waals surface area contributed by atoms with E-state index in [-0.39, 0.29) is 5.91 Å². The highest BCUT2D eigenvalue weighted by atomic mass is 16.5. The van der Waals surface area contributed by atoms with Gasteiger partial charge in [-0.15, -0.1) is 0 Å². The number of morpholine rings is 1. The quantitative estimate of drug-likeness (QED) is 0.472. The van der Waals surface area contributed by atoms with E-state index in [2.05, 4.69) is 20.9 Å². The van der Waals surface area contributed by atoms with E-state index in [0.717, 1.165) is 11.3 Å². The largest absolute Gasteiger partial charge is 0.497 e. The molecule has 0 spiro atoms. The summed E-state index contributed by atoms with van der Waals surface area (Å²) in [7, 11) is 1.57. The molecule has 8 heteroatoms. The van der Waals surface area contributed by atoms with Gasteiger partial charge in [-0.2, -0.15) is 0 Å². The molecule has 0 aromatic heterocycles. The van der Waals surface area contributed by atoms with Gasteiger partial charge in [0.25, 0.3) is 5.91 Å². The average molecular weight is 475 g/mol. The summed E-state index contributed by atoms with van der Waals surface area (Å²) in [6.45, 7) is 5.06. The second kappa shape index (κ2) is 11.4. The Balaban J connectivity index is 1.51. The summed E-state index contributed by atoms with van der Waals surface area (Å²) < 4.78 is 10.7. The van der Waals surface area contributed by atoms with Crippen molar-refractivity contribution in [2.24, 2.45) is 0 Å². The number of rotatable bonds is 7. The van der Waals surface area contributed by atoms with Crippen molar-refractivity contribution in [2.75, 3.05) is 48.9 Å². The highest BCUT2D eigenvalue weighted by Crippen LogP contribution is 2.29. The van der Waals surface area contributed by atoms with Crippen molar-refractivity contribution >= 4 is 29.0 Å². The number of hydrogen-bond donors (Lipinski definition) is 3. The monoisotopic (exact) mass is 474 g/mol. The number of hydrogen-bond acceptors (Lipinski definition) is 5. The van der Waals surface area contributed by atoms with Crippen molar-refractivity contribution in [3.63, 3.8) is 0 Å². The van der Waals surface area contributed by atoms with Gasteiger partial charge in [0.15, 0.2) is 0 Å². The van der Waals surface area contributed by atoms with Crippen LogP contribution in [-0.4, -0.2) is 45.4 Å². The fraction of sp³-hybridized carbons (Fsp3) is 0.259. The molecule has 3 aromatic rings. The molecule has 182 valence electrons. The fourth-order valence-electron chi connectivity index (χ4n) is 3.83. The van der Waals surface area contributed by atoms with E-state index < -0.39 is 6.03 Å². The summed E-state index contributed by atoms with van der Waals surface area (Å²) in [5, 5.41) is 8.69. The van der Waals surface area contributed by atoms with Gasteiger partial charge in [-0.05, 0) is 42.8 Å². The van der Waals surface area contributed by atoms with Gasteiger partial charge in [0.05, 0.1) is 31.7 Å². The maximum atomic E-state index is 12.9. The molecule has 3 amide bonds. The lowest BCUT2D eigenvalue weighted by atomic mass is 10.1. The Morgan fingerprint density at radius 1 is 0.971 bits per heavy atom. The van der Waals surface area contributed by atoms with Crippen molar-refractivity contribution in [2.45, 2.75) is 13.5 Å². The molecule has 3 N–H and O–H groups in total. The molecule has 0 unspecified atom stereocenters. The number of nitrogens with zero attached hydrogens (tertiary/aromatic N) is 1. The highest BCUT2D eigenvalue weighted by Gasteiger charge is 2.18. The first-order valence-electron chi connectivity index (χ1n) is 11.5. The molecule has 35 heavy (non-hydrogen) atoms. The Hall–Kier alpha value is -4.04. The van der Waals surface area contributed by atoms with Crippen LogP contribution in [0.5, 0.6) is 5.75 Å². The summed E-state index contributed by atoms with van der Waals surface area (Å²) in [5.74, 6) is 0.430. The predicted octanol–water partition coefficient (Wildman–Crippen LogP) is 4.41. The molecule has 1 heterocycles. The van der Waals surface area contributed by atoms with Gasteiger partial charge >= 0.3 is 6.03 Å². The van der Waals surface area contributed by atoms with Crippen LogP contribution in [-0.2, 0) is 11.3 Å².